The van der Waals surface area contributed by atoms with E-state index in [0.717, 1.165) is 23.4 Å². The molecule has 0 aliphatic heterocycles. The average Bonchev–Trinajstić information content (AvgIpc) is 2.91. The number of hydrogen-bond acceptors (Lipinski definition) is 4. The van der Waals surface area contributed by atoms with Crippen LogP contribution in [0.25, 0.3) is 11.3 Å². The molecule has 0 saturated carbocycles. The Balaban J connectivity index is 2.08. The third-order valence-electron chi connectivity index (χ3n) is 3.03. The predicted molar refractivity (Wildman–Crippen MR) is 82.9 cm³/mol. The smallest absolute Gasteiger partial charge is 0.253 e. The molecule has 2 aromatic heterocycles. The monoisotopic (exact) mass is 289 g/mol. The zero-order chi connectivity index (χ0) is 14.5. The molecule has 2 heterocycles. The molecule has 0 saturated heterocycles. The van der Waals surface area contributed by atoms with E-state index in [9.17, 15) is 4.79 Å². The first-order valence-electron chi connectivity index (χ1n) is 6.62. The molecule has 1 atom stereocenters. The normalized spacial score (nSPS) is 12.2. The van der Waals surface area contributed by atoms with Gasteiger partial charge in [-0.3, -0.25) is 9.78 Å². The highest BCUT2D eigenvalue weighted by atomic mass is 32.1. The van der Waals surface area contributed by atoms with Crippen LogP contribution in [-0.4, -0.2) is 23.5 Å². The summed E-state index contributed by atoms with van der Waals surface area (Å²) in [6.07, 6.45) is 0.769. The lowest BCUT2D eigenvalue weighted by atomic mass is 10.1. The van der Waals surface area contributed by atoms with Crippen LogP contribution in [0.4, 0.5) is 0 Å². The van der Waals surface area contributed by atoms with Crippen molar-refractivity contribution in [2.24, 2.45) is 5.73 Å². The maximum absolute atomic E-state index is 12.1. The SMILES string of the molecule is Cc1nc(-c2ccsc2)ccc1C(=O)NCCC(C)N. The summed E-state index contributed by atoms with van der Waals surface area (Å²) < 4.78 is 0. The van der Waals surface area contributed by atoms with Crippen LogP contribution in [0.2, 0.25) is 0 Å². The van der Waals surface area contributed by atoms with Crippen molar-refractivity contribution in [3.05, 3.63) is 40.2 Å². The van der Waals surface area contributed by atoms with Gasteiger partial charge in [0.25, 0.3) is 5.91 Å². The van der Waals surface area contributed by atoms with Crippen LogP contribution >= 0.6 is 11.3 Å². The second kappa shape index (κ2) is 6.63. The molecule has 0 spiro atoms. The molecule has 0 aliphatic carbocycles. The van der Waals surface area contributed by atoms with Gasteiger partial charge in [0.1, 0.15) is 0 Å². The lowest BCUT2D eigenvalue weighted by Gasteiger charge is -2.09. The van der Waals surface area contributed by atoms with Gasteiger partial charge in [0.2, 0.25) is 0 Å². The number of aryl methyl sites for hydroxylation is 1. The van der Waals surface area contributed by atoms with Crippen LogP contribution in [0.3, 0.4) is 0 Å². The highest BCUT2D eigenvalue weighted by Crippen LogP contribution is 2.21. The number of rotatable bonds is 5. The molecule has 0 bridgehead atoms. The van der Waals surface area contributed by atoms with Crippen molar-refractivity contribution < 1.29 is 4.79 Å². The molecule has 1 amide bonds. The lowest BCUT2D eigenvalue weighted by Crippen LogP contribution is -2.29. The van der Waals surface area contributed by atoms with Gasteiger partial charge in [0, 0.05) is 23.5 Å². The van der Waals surface area contributed by atoms with Crippen molar-refractivity contribution in [3.63, 3.8) is 0 Å². The second-order valence-electron chi connectivity index (χ2n) is 4.86. The van der Waals surface area contributed by atoms with Gasteiger partial charge in [-0.1, -0.05) is 0 Å². The Bertz CT molecular complexity index is 579. The molecule has 3 N–H and O–H groups in total. The maximum atomic E-state index is 12.1. The van der Waals surface area contributed by atoms with Crippen LogP contribution in [0, 0.1) is 6.92 Å². The Morgan fingerprint density at radius 1 is 1.45 bits per heavy atom. The van der Waals surface area contributed by atoms with E-state index in [-0.39, 0.29) is 11.9 Å². The van der Waals surface area contributed by atoms with Gasteiger partial charge >= 0.3 is 0 Å². The third-order valence-corrected chi connectivity index (χ3v) is 3.72. The topological polar surface area (TPSA) is 68.0 Å². The molecule has 0 aromatic carbocycles. The van der Waals surface area contributed by atoms with E-state index in [1.807, 2.05) is 42.8 Å². The molecule has 2 aromatic rings. The molecule has 106 valence electrons. The Morgan fingerprint density at radius 3 is 2.85 bits per heavy atom. The van der Waals surface area contributed by atoms with Gasteiger partial charge < -0.3 is 11.1 Å². The zero-order valence-corrected chi connectivity index (χ0v) is 12.5. The van der Waals surface area contributed by atoms with Crippen LogP contribution in [0.5, 0.6) is 0 Å². The van der Waals surface area contributed by atoms with E-state index in [1.54, 1.807) is 11.3 Å². The third kappa shape index (κ3) is 3.65. The molecule has 0 aliphatic rings. The molecule has 0 radical (unpaired) electrons. The van der Waals surface area contributed by atoms with E-state index in [4.69, 9.17) is 5.73 Å². The number of pyridine rings is 1. The fourth-order valence-electron chi connectivity index (χ4n) is 1.88. The van der Waals surface area contributed by atoms with E-state index in [2.05, 4.69) is 10.3 Å². The first-order valence-corrected chi connectivity index (χ1v) is 7.56. The van der Waals surface area contributed by atoms with Crippen molar-refractivity contribution in [2.75, 3.05) is 6.54 Å². The van der Waals surface area contributed by atoms with Crippen molar-refractivity contribution in [3.8, 4) is 11.3 Å². The van der Waals surface area contributed by atoms with Crippen molar-refractivity contribution in [1.29, 1.82) is 0 Å². The van der Waals surface area contributed by atoms with Crippen LogP contribution in [-0.2, 0) is 0 Å². The summed E-state index contributed by atoms with van der Waals surface area (Å²) in [7, 11) is 0. The number of nitrogens with two attached hydrogens (primary N) is 1. The molecule has 0 fully saturated rings. The second-order valence-corrected chi connectivity index (χ2v) is 5.64. The van der Waals surface area contributed by atoms with Crippen molar-refractivity contribution in [2.45, 2.75) is 26.3 Å². The minimum absolute atomic E-state index is 0.0903. The molecule has 2 rings (SSSR count). The van der Waals surface area contributed by atoms with E-state index in [0.29, 0.717) is 12.1 Å². The average molecular weight is 289 g/mol. The van der Waals surface area contributed by atoms with E-state index >= 15 is 0 Å². The fourth-order valence-corrected chi connectivity index (χ4v) is 2.53. The van der Waals surface area contributed by atoms with Gasteiger partial charge in [0.15, 0.2) is 0 Å². The Hall–Kier alpha value is -1.72. The predicted octanol–water partition coefficient (Wildman–Crippen LogP) is 2.59. The van der Waals surface area contributed by atoms with Crippen molar-refractivity contribution in [1.82, 2.24) is 10.3 Å². The number of carbonyl (C=O) groups excluding carboxylic acids is 1. The number of hydrogen-bond donors (Lipinski definition) is 2. The molecule has 20 heavy (non-hydrogen) atoms. The first-order chi connectivity index (χ1) is 9.58. The fraction of sp³-hybridized carbons (Fsp3) is 0.333. The summed E-state index contributed by atoms with van der Waals surface area (Å²) in [6, 6.07) is 5.83. The largest absolute Gasteiger partial charge is 0.352 e. The summed E-state index contributed by atoms with van der Waals surface area (Å²) >= 11 is 1.63. The minimum atomic E-state index is -0.0903. The van der Waals surface area contributed by atoms with Crippen LogP contribution in [0.15, 0.2) is 29.0 Å². The van der Waals surface area contributed by atoms with Crippen LogP contribution < -0.4 is 11.1 Å². The number of aromatic nitrogens is 1. The molecule has 1 unspecified atom stereocenters. The minimum Gasteiger partial charge on any atom is -0.352 e. The molecular weight excluding hydrogens is 270 g/mol. The number of thiophene rings is 1. The highest BCUT2D eigenvalue weighted by Gasteiger charge is 2.11. The maximum Gasteiger partial charge on any atom is 0.253 e. The summed E-state index contributed by atoms with van der Waals surface area (Å²) in [5.41, 5.74) is 9.00. The lowest BCUT2D eigenvalue weighted by molar-refractivity contribution is 0.0952. The molecule has 5 heteroatoms. The number of nitrogens with zero attached hydrogens (tertiary/aromatic N) is 1. The summed E-state index contributed by atoms with van der Waals surface area (Å²) in [6.45, 7) is 4.37. The summed E-state index contributed by atoms with van der Waals surface area (Å²) in [4.78, 5) is 16.6. The molecule has 4 nitrogen and oxygen atoms in total. The number of amides is 1. The molecular formula is C15H19N3OS. The summed E-state index contributed by atoms with van der Waals surface area (Å²) in [5, 5.41) is 6.93. The van der Waals surface area contributed by atoms with E-state index in [1.165, 1.54) is 0 Å². The first kappa shape index (κ1) is 14.7. The zero-order valence-electron chi connectivity index (χ0n) is 11.7. The van der Waals surface area contributed by atoms with Gasteiger partial charge in [-0.15, -0.1) is 0 Å². The number of nitrogens with one attached hydrogen (secondary N) is 1. The highest BCUT2D eigenvalue weighted by molar-refractivity contribution is 7.08. The van der Waals surface area contributed by atoms with Gasteiger partial charge in [-0.05, 0) is 43.8 Å². The Morgan fingerprint density at radius 2 is 2.25 bits per heavy atom. The quantitative estimate of drug-likeness (QED) is 0.889. The standard InChI is InChI=1S/C15H19N3OS/c1-10(16)5-7-17-15(19)13-3-4-14(18-11(13)2)12-6-8-20-9-12/h3-4,6,8-10H,5,7,16H2,1-2H3,(H,17,19). The van der Waals surface area contributed by atoms with E-state index < -0.39 is 0 Å². The van der Waals surface area contributed by atoms with Gasteiger partial charge in [0.05, 0.1) is 17.0 Å². The Kier molecular flexibility index (Phi) is 4.87. The number of carbonyl (C=O) groups is 1. The summed E-state index contributed by atoms with van der Waals surface area (Å²) in [5.74, 6) is -0.0903. The Labute approximate surface area is 123 Å². The van der Waals surface area contributed by atoms with Gasteiger partial charge in [-0.25, -0.2) is 0 Å². The van der Waals surface area contributed by atoms with Crippen molar-refractivity contribution >= 4 is 17.2 Å². The van der Waals surface area contributed by atoms with Gasteiger partial charge in [-0.2, -0.15) is 11.3 Å². The van der Waals surface area contributed by atoms with Crippen LogP contribution in [0.1, 0.15) is 29.4 Å².